The average Bonchev–Trinajstić information content (AvgIpc) is 2.36. The maximum atomic E-state index is 11.3. The smallest absolute Gasteiger partial charge is 0.335 e. The molecule has 1 aliphatic rings. The van der Waals surface area contributed by atoms with E-state index < -0.39 is 5.97 Å². The van der Waals surface area contributed by atoms with Crippen molar-refractivity contribution in [3.8, 4) is 0 Å². The molecule has 1 aliphatic carbocycles. The Hall–Kier alpha value is -1.58. The molecular weight excluding hydrogens is 264 g/mol. The van der Waals surface area contributed by atoms with Gasteiger partial charge in [0.2, 0.25) is 0 Å². The second-order valence-electron chi connectivity index (χ2n) is 7.23. The summed E-state index contributed by atoms with van der Waals surface area (Å²) in [5.74, 6) is 0.0141. The fourth-order valence-electron chi connectivity index (χ4n) is 3.08. The molecule has 0 amide bonds. The Morgan fingerprint density at radius 3 is 2.71 bits per heavy atom. The van der Waals surface area contributed by atoms with E-state index in [1.807, 2.05) is 13.8 Å². The summed E-state index contributed by atoms with van der Waals surface area (Å²) in [5.41, 5.74) is 1.49. The molecule has 1 aromatic rings. The van der Waals surface area contributed by atoms with Gasteiger partial charge in [0.25, 0.3) is 0 Å². The van der Waals surface area contributed by atoms with E-state index in [1.54, 1.807) is 12.1 Å². The summed E-state index contributed by atoms with van der Waals surface area (Å²) in [6, 6.07) is 3.70. The van der Waals surface area contributed by atoms with E-state index in [0.717, 1.165) is 18.5 Å². The lowest BCUT2D eigenvalue weighted by molar-refractivity contribution is 0.0696. The lowest BCUT2D eigenvalue weighted by Crippen LogP contribution is -2.32. The summed E-state index contributed by atoms with van der Waals surface area (Å²) in [6.45, 7) is 8.64. The molecule has 0 aromatic carbocycles. The number of hydrogen-bond donors (Lipinski definition) is 2. The molecule has 2 N–H and O–H groups in total. The van der Waals surface area contributed by atoms with Gasteiger partial charge in [-0.3, -0.25) is 0 Å². The molecule has 1 atom stereocenters. The third kappa shape index (κ3) is 4.19. The van der Waals surface area contributed by atoms with Gasteiger partial charge in [0.05, 0.1) is 5.56 Å². The van der Waals surface area contributed by atoms with Crippen molar-refractivity contribution in [2.24, 2.45) is 5.41 Å². The SMILES string of the molecule is CC(C)c1cc(C(=O)O)cc(NC2CCCC(C)(C)C2)n1. The molecule has 4 heteroatoms. The highest BCUT2D eigenvalue weighted by molar-refractivity contribution is 5.88. The van der Waals surface area contributed by atoms with Crippen LogP contribution in [0.3, 0.4) is 0 Å². The number of nitrogens with zero attached hydrogens (tertiary/aromatic N) is 1. The van der Waals surface area contributed by atoms with E-state index in [4.69, 9.17) is 0 Å². The van der Waals surface area contributed by atoms with Crippen LogP contribution in [-0.2, 0) is 0 Å². The third-order valence-electron chi connectivity index (χ3n) is 4.24. The van der Waals surface area contributed by atoms with Crippen molar-refractivity contribution in [2.75, 3.05) is 5.32 Å². The summed E-state index contributed by atoms with van der Waals surface area (Å²) in [5, 5.41) is 12.7. The van der Waals surface area contributed by atoms with Gasteiger partial charge >= 0.3 is 5.97 Å². The van der Waals surface area contributed by atoms with Gasteiger partial charge in [-0.15, -0.1) is 0 Å². The number of carboxylic acid groups (broad SMARTS) is 1. The number of rotatable bonds is 4. The molecule has 0 aliphatic heterocycles. The van der Waals surface area contributed by atoms with Crippen molar-refractivity contribution < 1.29 is 9.90 Å². The van der Waals surface area contributed by atoms with Crippen LogP contribution in [0, 0.1) is 5.41 Å². The Bertz CT molecular complexity index is 524. The third-order valence-corrected chi connectivity index (χ3v) is 4.24. The van der Waals surface area contributed by atoms with Crippen LogP contribution in [-0.4, -0.2) is 22.1 Å². The summed E-state index contributed by atoms with van der Waals surface area (Å²) < 4.78 is 0. The maximum Gasteiger partial charge on any atom is 0.335 e. The van der Waals surface area contributed by atoms with Crippen molar-refractivity contribution in [1.82, 2.24) is 4.98 Å². The van der Waals surface area contributed by atoms with Crippen LogP contribution in [0.5, 0.6) is 0 Å². The standard InChI is InChI=1S/C17H26N2O2/c1-11(2)14-8-12(16(20)21)9-15(19-14)18-13-6-5-7-17(3,4)10-13/h8-9,11,13H,5-7,10H2,1-4H3,(H,18,19)(H,20,21). The Morgan fingerprint density at radius 2 is 2.14 bits per heavy atom. The van der Waals surface area contributed by atoms with Gasteiger partial charge in [-0.1, -0.05) is 34.1 Å². The van der Waals surface area contributed by atoms with E-state index in [1.165, 1.54) is 12.8 Å². The molecule has 116 valence electrons. The first kappa shape index (κ1) is 15.8. The van der Waals surface area contributed by atoms with Gasteiger partial charge in [0, 0.05) is 11.7 Å². The molecule has 21 heavy (non-hydrogen) atoms. The van der Waals surface area contributed by atoms with Crippen LogP contribution >= 0.6 is 0 Å². The minimum Gasteiger partial charge on any atom is -0.478 e. The summed E-state index contributed by atoms with van der Waals surface area (Å²) in [6.07, 6.45) is 4.69. The highest BCUT2D eigenvalue weighted by atomic mass is 16.4. The molecule has 2 rings (SSSR count). The highest BCUT2D eigenvalue weighted by Gasteiger charge is 2.28. The van der Waals surface area contributed by atoms with Crippen LogP contribution < -0.4 is 5.32 Å². The quantitative estimate of drug-likeness (QED) is 0.868. The molecule has 0 saturated heterocycles. The second-order valence-corrected chi connectivity index (χ2v) is 7.23. The zero-order valence-corrected chi connectivity index (χ0v) is 13.4. The molecule has 0 radical (unpaired) electrons. The second kappa shape index (κ2) is 6.04. The van der Waals surface area contributed by atoms with Crippen LogP contribution in [0.1, 0.15) is 75.3 Å². The van der Waals surface area contributed by atoms with Gasteiger partial charge in [-0.05, 0) is 42.7 Å². The minimum atomic E-state index is -0.897. The molecule has 1 aromatic heterocycles. The molecule has 1 fully saturated rings. The van der Waals surface area contributed by atoms with Gasteiger partial charge in [0.1, 0.15) is 5.82 Å². The van der Waals surface area contributed by atoms with Crippen LogP contribution in [0.2, 0.25) is 0 Å². The highest BCUT2D eigenvalue weighted by Crippen LogP contribution is 2.36. The monoisotopic (exact) mass is 290 g/mol. The fraction of sp³-hybridized carbons (Fsp3) is 0.647. The largest absolute Gasteiger partial charge is 0.478 e. The molecular formula is C17H26N2O2. The van der Waals surface area contributed by atoms with E-state index in [0.29, 0.717) is 22.8 Å². The van der Waals surface area contributed by atoms with Gasteiger partial charge in [-0.25, -0.2) is 9.78 Å². The molecule has 4 nitrogen and oxygen atoms in total. The normalized spacial score (nSPS) is 21.3. The van der Waals surface area contributed by atoms with Crippen molar-refractivity contribution in [2.45, 2.75) is 65.3 Å². The van der Waals surface area contributed by atoms with Crippen molar-refractivity contribution in [3.05, 3.63) is 23.4 Å². The van der Waals surface area contributed by atoms with Gasteiger partial charge in [-0.2, -0.15) is 0 Å². The number of nitrogens with one attached hydrogen (secondary N) is 1. The van der Waals surface area contributed by atoms with E-state index in [2.05, 4.69) is 24.1 Å². The molecule has 1 unspecified atom stereocenters. The first-order valence-electron chi connectivity index (χ1n) is 7.79. The summed E-state index contributed by atoms with van der Waals surface area (Å²) in [7, 11) is 0. The first-order valence-corrected chi connectivity index (χ1v) is 7.79. The van der Waals surface area contributed by atoms with E-state index in [9.17, 15) is 9.90 Å². The predicted molar refractivity (Wildman–Crippen MR) is 84.9 cm³/mol. The van der Waals surface area contributed by atoms with Crippen LogP contribution in [0.4, 0.5) is 5.82 Å². The number of pyridine rings is 1. The Balaban J connectivity index is 2.20. The zero-order valence-electron chi connectivity index (χ0n) is 13.4. The van der Waals surface area contributed by atoms with Gasteiger partial charge in [0.15, 0.2) is 0 Å². The minimum absolute atomic E-state index is 0.215. The first-order chi connectivity index (χ1) is 9.77. The molecule has 1 saturated carbocycles. The fourth-order valence-corrected chi connectivity index (χ4v) is 3.08. The molecule has 1 heterocycles. The van der Waals surface area contributed by atoms with E-state index in [-0.39, 0.29) is 5.92 Å². The Kier molecular flexibility index (Phi) is 4.55. The Morgan fingerprint density at radius 1 is 1.43 bits per heavy atom. The number of carbonyl (C=O) groups is 1. The van der Waals surface area contributed by atoms with E-state index >= 15 is 0 Å². The lowest BCUT2D eigenvalue weighted by Gasteiger charge is -2.35. The average molecular weight is 290 g/mol. The van der Waals surface area contributed by atoms with Crippen molar-refractivity contribution in [3.63, 3.8) is 0 Å². The number of carboxylic acids is 1. The van der Waals surface area contributed by atoms with Crippen molar-refractivity contribution in [1.29, 1.82) is 0 Å². The Labute approximate surface area is 127 Å². The molecule has 0 bridgehead atoms. The molecule has 0 spiro atoms. The van der Waals surface area contributed by atoms with Gasteiger partial charge < -0.3 is 10.4 Å². The van der Waals surface area contributed by atoms with Crippen molar-refractivity contribution >= 4 is 11.8 Å². The van der Waals surface area contributed by atoms with Crippen LogP contribution in [0.25, 0.3) is 0 Å². The number of anilines is 1. The summed E-state index contributed by atoms with van der Waals surface area (Å²) >= 11 is 0. The number of hydrogen-bond acceptors (Lipinski definition) is 3. The predicted octanol–water partition coefficient (Wildman–Crippen LogP) is 4.28. The lowest BCUT2D eigenvalue weighted by atomic mass is 9.75. The maximum absolute atomic E-state index is 11.3. The topological polar surface area (TPSA) is 62.2 Å². The van der Waals surface area contributed by atoms with Crippen LogP contribution in [0.15, 0.2) is 12.1 Å². The number of aromatic nitrogens is 1. The number of aromatic carboxylic acids is 1. The summed E-state index contributed by atoms with van der Waals surface area (Å²) in [4.78, 5) is 15.9. The zero-order chi connectivity index (χ0) is 15.6.